The van der Waals surface area contributed by atoms with Gasteiger partial charge in [0, 0.05) is 19.8 Å². The minimum atomic E-state index is -0.340. The monoisotopic (exact) mass is 255 g/mol. The first kappa shape index (κ1) is 13.2. The van der Waals surface area contributed by atoms with Gasteiger partial charge in [0.1, 0.15) is 5.82 Å². The molecule has 0 fully saturated rings. The van der Waals surface area contributed by atoms with Crippen LogP contribution in [0.15, 0.2) is 54.7 Å². The van der Waals surface area contributed by atoms with Gasteiger partial charge in [-0.1, -0.05) is 36.4 Å². The van der Waals surface area contributed by atoms with E-state index in [1.165, 1.54) is 0 Å². The van der Waals surface area contributed by atoms with Gasteiger partial charge >= 0.3 is 0 Å². The molecule has 0 bridgehead atoms. The maximum absolute atomic E-state index is 12.5. The molecule has 0 aliphatic rings. The van der Waals surface area contributed by atoms with E-state index in [0.29, 0.717) is 5.82 Å². The molecule has 0 radical (unpaired) electrons. The van der Waals surface area contributed by atoms with Crippen molar-refractivity contribution >= 4 is 11.7 Å². The number of carbonyl (C=O) groups is 1. The Balaban J connectivity index is 2.22. The van der Waals surface area contributed by atoms with Gasteiger partial charge in [-0.15, -0.1) is 0 Å². The third-order valence-corrected chi connectivity index (χ3v) is 3.06. The molecule has 2 rings (SSSR count). The van der Waals surface area contributed by atoms with Gasteiger partial charge in [0.2, 0.25) is 5.91 Å². The van der Waals surface area contributed by atoms with Crippen molar-refractivity contribution in [2.24, 2.45) is 5.73 Å². The average Bonchev–Trinajstić information content (AvgIpc) is 2.49. The van der Waals surface area contributed by atoms with Crippen LogP contribution in [0.2, 0.25) is 0 Å². The molecular formula is C15H17N3O. The van der Waals surface area contributed by atoms with Crippen LogP contribution in [0, 0.1) is 0 Å². The summed E-state index contributed by atoms with van der Waals surface area (Å²) in [5, 5.41) is 0. The zero-order valence-corrected chi connectivity index (χ0v) is 10.9. The standard InChI is InChI=1S/C15H17N3O/c1-18(14-9-5-6-10-17-14)15(19)13(11-16)12-7-3-2-4-8-12/h2-10,13H,11,16H2,1H3. The van der Waals surface area contributed by atoms with Gasteiger partial charge in [-0.25, -0.2) is 4.98 Å². The molecule has 1 atom stereocenters. The van der Waals surface area contributed by atoms with E-state index in [1.807, 2.05) is 42.5 Å². The first-order valence-corrected chi connectivity index (χ1v) is 6.17. The number of anilines is 1. The van der Waals surface area contributed by atoms with Crippen LogP contribution in [0.3, 0.4) is 0 Å². The van der Waals surface area contributed by atoms with Crippen LogP contribution >= 0.6 is 0 Å². The highest BCUT2D eigenvalue weighted by Gasteiger charge is 2.23. The summed E-state index contributed by atoms with van der Waals surface area (Å²) in [6, 6.07) is 15.0. The number of amides is 1. The van der Waals surface area contributed by atoms with E-state index < -0.39 is 0 Å². The fourth-order valence-electron chi connectivity index (χ4n) is 1.96. The van der Waals surface area contributed by atoms with E-state index in [2.05, 4.69) is 4.98 Å². The average molecular weight is 255 g/mol. The van der Waals surface area contributed by atoms with Gasteiger partial charge in [0.15, 0.2) is 0 Å². The summed E-state index contributed by atoms with van der Waals surface area (Å²) in [6.07, 6.45) is 1.67. The van der Waals surface area contributed by atoms with E-state index >= 15 is 0 Å². The van der Waals surface area contributed by atoms with Crippen molar-refractivity contribution in [2.75, 3.05) is 18.5 Å². The number of aromatic nitrogens is 1. The highest BCUT2D eigenvalue weighted by molar-refractivity contribution is 5.97. The van der Waals surface area contributed by atoms with Gasteiger partial charge in [-0.3, -0.25) is 9.69 Å². The Labute approximate surface area is 112 Å². The second-order valence-electron chi connectivity index (χ2n) is 4.28. The molecule has 98 valence electrons. The summed E-state index contributed by atoms with van der Waals surface area (Å²) in [4.78, 5) is 18.2. The lowest BCUT2D eigenvalue weighted by molar-refractivity contribution is -0.119. The molecule has 1 amide bonds. The third-order valence-electron chi connectivity index (χ3n) is 3.06. The van der Waals surface area contributed by atoms with E-state index in [4.69, 9.17) is 5.73 Å². The Bertz CT molecular complexity index is 528. The highest BCUT2D eigenvalue weighted by atomic mass is 16.2. The zero-order chi connectivity index (χ0) is 13.7. The first-order chi connectivity index (χ1) is 9.24. The molecule has 2 aromatic rings. The summed E-state index contributed by atoms with van der Waals surface area (Å²) >= 11 is 0. The molecule has 0 saturated heterocycles. The molecule has 1 aromatic carbocycles. The Hall–Kier alpha value is -2.20. The number of hydrogen-bond acceptors (Lipinski definition) is 3. The molecule has 19 heavy (non-hydrogen) atoms. The van der Waals surface area contributed by atoms with Crippen molar-refractivity contribution in [1.29, 1.82) is 0 Å². The molecule has 1 aromatic heterocycles. The lowest BCUT2D eigenvalue weighted by atomic mass is 9.98. The quantitative estimate of drug-likeness (QED) is 0.906. The number of rotatable bonds is 4. The van der Waals surface area contributed by atoms with Crippen molar-refractivity contribution in [3.05, 3.63) is 60.3 Å². The summed E-state index contributed by atoms with van der Waals surface area (Å²) in [5.74, 6) is 0.238. The summed E-state index contributed by atoms with van der Waals surface area (Å²) in [6.45, 7) is 0.278. The van der Waals surface area contributed by atoms with Crippen molar-refractivity contribution < 1.29 is 4.79 Å². The lowest BCUT2D eigenvalue weighted by Crippen LogP contribution is -2.35. The van der Waals surface area contributed by atoms with Crippen LogP contribution in [-0.4, -0.2) is 24.5 Å². The second-order valence-corrected chi connectivity index (χ2v) is 4.28. The predicted molar refractivity (Wildman–Crippen MR) is 75.9 cm³/mol. The van der Waals surface area contributed by atoms with Crippen molar-refractivity contribution in [3.63, 3.8) is 0 Å². The zero-order valence-electron chi connectivity index (χ0n) is 10.9. The molecule has 0 spiro atoms. The number of carbonyl (C=O) groups excluding carboxylic acids is 1. The van der Waals surface area contributed by atoms with Gasteiger partial charge in [-0.2, -0.15) is 0 Å². The largest absolute Gasteiger partial charge is 0.329 e. The molecule has 0 aliphatic heterocycles. The minimum Gasteiger partial charge on any atom is -0.329 e. The van der Waals surface area contributed by atoms with E-state index in [0.717, 1.165) is 5.56 Å². The maximum atomic E-state index is 12.5. The number of pyridine rings is 1. The minimum absolute atomic E-state index is 0.0487. The molecule has 4 nitrogen and oxygen atoms in total. The summed E-state index contributed by atoms with van der Waals surface area (Å²) in [7, 11) is 1.72. The van der Waals surface area contributed by atoms with Crippen LogP contribution in [0.25, 0.3) is 0 Å². The summed E-state index contributed by atoms with van der Waals surface area (Å²) in [5.41, 5.74) is 6.68. The molecule has 0 aliphatic carbocycles. The fraction of sp³-hybridized carbons (Fsp3) is 0.200. The Morgan fingerprint density at radius 3 is 2.47 bits per heavy atom. The normalized spacial score (nSPS) is 11.9. The number of likely N-dealkylation sites (N-methyl/N-ethyl adjacent to an activating group) is 1. The second kappa shape index (κ2) is 6.11. The summed E-state index contributed by atoms with van der Waals surface area (Å²) < 4.78 is 0. The van der Waals surface area contributed by atoms with E-state index in [1.54, 1.807) is 24.2 Å². The van der Waals surface area contributed by atoms with Crippen molar-refractivity contribution in [2.45, 2.75) is 5.92 Å². The lowest BCUT2D eigenvalue weighted by Gasteiger charge is -2.22. The SMILES string of the molecule is CN(C(=O)C(CN)c1ccccc1)c1ccccn1. The van der Waals surface area contributed by atoms with E-state index in [9.17, 15) is 4.79 Å². The molecule has 2 N–H and O–H groups in total. The first-order valence-electron chi connectivity index (χ1n) is 6.17. The third kappa shape index (κ3) is 2.98. The van der Waals surface area contributed by atoms with Crippen LogP contribution < -0.4 is 10.6 Å². The van der Waals surface area contributed by atoms with Crippen LogP contribution in [0.5, 0.6) is 0 Å². The van der Waals surface area contributed by atoms with Gasteiger partial charge in [0.05, 0.1) is 5.92 Å². The van der Waals surface area contributed by atoms with Crippen LogP contribution in [0.1, 0.15) is 11.5 Å². The van der Waals surface area contributed by atoms with E-state index in [-0.39, 0.29) is 18.4 Å². The molecule has 1 unspecified atom stereocenters. The predicted octanol–water partition coefficient (Wildman–Crippen LogP) is 1.79. The smallest absolute Gasteiger partial charge is 0.236 e. The van der Waals surface area contributed by atoms with Gasteiger partial charge in [0.25, 0.3) is 0 Å². The number of hydrogen-bond donors (Lipinski definition) is 1. The van der Waals surface area contributed by atoms with Gasteiger partial charge < -0.3 is 5.73 Å². The number of nitrogens with zero attached hydrogens (tertiary/aromatic N) is 2. The number of benzene rings is 1. The maximum Gasteiger partial charge on any atom is 0.236 e. The topological polar surface area (TPSA) is 59.2 Å². The Morgan fingerprint density at radius 2 is 1.89 bits per heavy atom. The molecule has 0 saturated carbocycles. The Morgan fingerprint density at radius 1 is 1.21 bits per heavy atom. The van der Waals surface area contributed by atoms with Gasteiger partial charge in [-0.05, 0) is 17.7 Å². The molecule has 1 heterocycles. The van der Waals surface area contributed by atoms with Crippen molar-refractivity contribution in [1.82, 2.24) is 4.98 Å². The van der Waals surface area contributed by atoms with Crippen LogP contribution in [0.4, 0.5) is 5.82 Å². The fourth-order valence-corrected chi connectivity index (χ4v) is 1.96. The molecule has 4 heteroatoms. The molecular weight excluding hydrogens is 238 g/mol. The van der Waals surface area contributed by atoms with Crippen molar-refractivity contribution in [3.8, 4) is 0 Å². The number of nitrogens with two attached hydrogens (primary N) is 1. The van der Waals surface area contributed by atoms with Crippen LogP contribution in [-0.2, 0) is 4.79 Å². The highest BCUT2D eigenvalue weighted by Crippen LogP contribution is 2.19. The Kier molecular flexibility index (Phi) is 4.26.